The van der Waals surface area contributed by atoms with Crippen molar-refractivity contribution in [1.29, 1.82) is 0 Å². The Bertz CT molecular complexity index is 639. The summed E-state index contributed by atoms with van der Waals surface area (Å²) in [5.41, 5.74) is 6.65. The van der Waals surface area contributed by atoms with Gasteiger partial charge in [-0.15, -0.1) is 0 Å². The molecule has 0 fully saturated rings. The van der Waals surface area contributed by atoms with Crippen LogP contribution in [0.2, 0.25) is 0 Å². The third-order valence-electron chi connectivity index (χ3n) is 2.64. The highest BCUT2D eigenvalue weighted by molar-refractivity contribution is 7.92. The summed E-state index contributed by atoms with van der Waals surface area (Å²) >= 11 is 0. The van der Waals surface area contributed by atoms with Crippen molar-refractivity contribution in [3.63, 3.8) is 0 Å². The molecule has 0 aliphatic carbocycles. The molecule has 2 rings (SSSR count). The summed E-state index contributed by atoms with van der Waals surface area (Å²) < 4.78 is 25.9. The second kappa shape index (κ2) is 4.70. The van der Waals surface area contributed by atoms with Crippen LogP contribution in [-0.2, 0) is 10.0 Å². The van der Waals surface area contributed by atoms with E-state index in [1.165, 1.54) is 23.5 Å². The lowest BCUT2D eigenvalue weighted by molar-refractivity contribution is 0.594. The van der Waals surface area contributed by atoms with Gasteiger partial charge in [0.25, 0.3) is 10.0 Å². The van der Waals surface area contributed by atoms with Crippen molar-refractivity contribution in [2.75, 3.05) is 17.1 Å². The van der Waals surface area contributed by atoms with Crippen LogP contribution in [0.15, 0.2) is 59.5 Å². The number of rotatable bonds is 3. The minimum absolute atomic E-state index is 0.189. The van der Waals surface area contributed by atoms with Crippen LogP contribution in [0.25, 0.3) is 0 Å². The van der Waals surface area contributed by atoms with Crippen molar-refractivity contribution in [2.24, 2.45) is 0 Å². The molecule has 0 aromatic heterocycles. The number of nitrogen functional groups attached to an aromatic ring is 1. The zero-order chi connectivity index (χ0) is 13.2. The van der Waals surface area contributed by atoms with Gasteiger partial charge in [0, 0.05) is 12.7 Å². The van der Waals surface area contributed by atoms with E-state index in [0.717, 1.165) is 0 Å². The average molecular weight is 262 g/mol. The van der Waals surface area contributed by atoms with Gasteiger partial charge in [-0.3, -0.25) is 4.31 Å². The number of nitrogens with two attached hydrogens (primary N) is 1. The molecule has 2 aromatic rings. The number of para-hydroxylation sites is 1. The van der Waals surface area contributed by atoms with Crippen LogP contribution in [0.4, 0.5) is 11.4 Å². The van der Waals surface area contributed by atoms with Gasteiger partial charge in [-0.05, 0) is 30.3 Å². The van der Waals surface area contributed by atoms with Crippen molar-refractivity contribution in [3.8, 4) is 0 Å². The first-order chi connectivity index (χ1) is 8.51. The molecule has 0 aliphatic heterocycles. The van der Waals surface area contributed by atoms with Gasteiger partial charge < -0.3 is 5.73 Å². The Morgan fingerprint density at radius 3 is 2.28 bits per heavy atom. The van der Waals surface area contributed by atoms with Gasteiger partial charge in [-0.1, -0.05) is 24.3 Å². The zero-order valence-electron chi connectivity index (χ0n) is 9.95. The fourth-order valence-electron chi connectivity index (χ4n) is 1.61. The predicted octanol–water partition coefficient (Wildman–Crippen LogP) is 2.09. The summed E-state index contributed by atoms with van der Waals surface area (Å²) in [6, 6.07) is 15.2. The molecule has 0 unspecified atom stereocenters. The fourth-order valence-corrected chi connectivity index (χ4v) is 2.86. The van der Waals surface area contributed by atoms with Crippen LogP contribution in [0, 0.1) is 0 Å². The van der Waals surface area contributed by atoms with Crippen LogP contribution in [0.5, 0.6) is 0 Å². The first-order valence-electron chi connectivity index (χ1n) is 5.41. The molecular weight excluding hydrogens is 248 g/mol. The maximum absolute atomic E-state index is 12.4. The Hall–Kier alpha value is -2.01. The first kappa shape index (κ1) is 12.4. The molecule has 0 bridgehead atoms. The van der Waals surface area contributed by atoms with Gasteiger partial charge in [0.1, 0.15) is 0 Å². The van der Waals surface area contributed by atoms with E-state index < -0.39 is 10.0 Å². The van der Waals surface area contributed by atoms with Gasteiger partial charge in [-0.25, -0.2) is 8.42 Å². The van der Waals surface area contributed by atoms with Crippen LogP contribution < -0.4 is 10.0 Å². The van der Waals surface area contributed by atoms with Crippen LogP contribution >= 0.6 is 0 Å². The van der Waals surface area contributed by atoms with E-state index in [9.17, 15) is 8.42 Å². The van der Waals surface area contributed by atoms with E-state index in [0.29, 0.717) is 11.4 Å². The summed E-state index contributed by atoms with van der Waals surface area (Å²) in [5.74, 6) is 0. The highest BCUT2D eigenvalue weighted by Gasteiger charge is 2.20. The van der Waals surface area contributed by atoms with E-state index in [1.54, 1.807) is 36.4 Å². The number of hydrogen-bond acceptors (Lipinski definition) is 3. The molecule has 94 valence electrons. The summed E-state index contributed by atoms with van der Waals surface area (Å²) in [6.45, 7) is 0. The molecular formula is C13H14N2O2S. The number of benzene rings is 2. The zero-order valence-corrected chi connectivity index (χ0v) is 10.8. The molecule has 0 saturated carbocycles. The van der Waals surface area contributed by atoms with Gasteiger partial charge >= 0.3 is 0 Å². The van der Waals surface area contributed by atoms with E-state index in [4.69, 9.17) is 5.73 Å². The summed E-state index contributed by atoms with van der Waals surface area (Å²) in [7, 11) is -2.04. The Morgan fingerprint density at radius 2 is 1.67 bits per heavy atom. The Balaban J connectivity index is 2.44. The van der Waals surface area contributed by atoms with Crippen LogP contribution in [0.1, 0.15) is 0 Å². The third-order valence-corrected chi connectivity index (χ3v) is 4.42. The standard InChI is InChI=1S/C13H14N2O2S/c1-15(12-7-3-2-4-8-12)18(16,17)13-9-5-6-11(14)10-13/h2-10H,14H2,1H3. The lowest BCUT2D eigenvalue weighted by Gasteiger charge is -2.19. The van der Waals surface area contributed by atoms with Gasteiger partial charge in [0.2, 0.25) is 0 Å². The summed E-state index contributed by atoms with van der Waals surface area (Å²) in [4.78, 5) is 0.189. The maximum atomic E-state index is 12.4. The number of nitrogens with zero attached hydrogens (tertiary/aromatic N) is 1. The number of hydrogen-bond donors (Lipinski definition) is 1. The molecule has 2 N–H and O–H groups in total. The van der Waals surface area contributed by atoms with E-state index in [2.05, 4.69) is 0 Å². The lowest BCUT2D eigenvalue weighted by atomic mass is 10.3. The second-order valence-corrected chi connectivity index (χ2v) is 5.85. The second-order valence-electron chi connectivity index (χ2n) is 3.88. The Morgan fingerprint density at radius 1 is 1.00 bits per heavy atom. The largest absolute Gasteiger partial charge is 0.399 e. The van der Waals surface area contributed by atoms with Crippen LogP contribution in [-0.4, -0.2) is 15.5 Å². The predicted molar refractivity (Wildman–Crippen MR) is 72.9 cm³/mol. The Labute approximate surface area is 107 Å². The minimum Gasteiger partial charge on any atom is -0.399 e. The molecule has 0 heterocycles. The SMILES string of the molecule is CN(c1ccccc1)S(=O)(=O)c1cccc(N)c1. The fraction of sp³-hybridized carbons (Fsp3) is 0.0769. The van der Waals surface area contributed by atoms with E-state index >= 15 is 0 Å². The molecule has 18 heavy (non-hydrogen) atoms. The molecule has 0 saturated heterocycles. The molecule has 0 aliphatic rings. The van der Waals surface area contributed by atoms with Crippen molar-refractivity contribution < 1.29 is 8.42 Å². The van der Waals surface area contributed by atoms with Gasteiger partial charge in [0.15, 0.2) is 0 Å². The lowest BCUT2D eigenvalue weighted by Crippen LogP contribution is -2.26. The van der Waals surface area contributed by atoms with E-state index in [1.807, 2.05) is 6.07 Å². The molecule has 0 radical (unpaired) electrons. The Kier molecular flexibility index (Phi) is 3.25. The molecule has 0 atom stereocenters. The first-order valence-corrected chi connectivity index (χ1v) is 6.85. The summed E-state index contributed by atoms with van der Waals surface area (Å²) in [6.07, 6.45) is 0. The van der Waals surface area contributed by atoms with E-state index in [-0.39, 0.29) is 4.90 Å². The quantitative estimate of drug-likeness (QED) is 0.861. The molecule has 0 spiro atoms. The van der Waals surface area contributed by atoms with Gasteiger partial charge in [0.05, 0.1) is 10.6 Å². The third kappa shape index (κ3) is 2.31. The molecule has 4 nitrogen and oxygen atoms in total. The number of anilines is 2. The van der Waals surface area contributed by atoms with Crippen molar-refractivity contribution in [1.82, 2.24) is 0 Å². The smallest absolute Gasteiger partial charge is 0.264 e. The topological polar surface area (TPSA) is 63.4 Å². The van der Waals surface area contributed by atoms with Gasteiger partial charge in [-0.2, -0.15) is 0 Å². The molecule has 2 aromatic carbocycles. The maximum Gasteiger partial charge on any atom is 0.264 e. The minimum atomic E-state index is -3.56. The average Bonchev–Trinajstić information content (AvgIpc) is 2.39. The highest BCUT2D eigenvalue weighted by atomic mass is 32.2. The highest BCUT2D eigenvalue weighted by Crippen LogP contribution is 2.22. The molecule has 0 amide bonds. The van der Waals surface area contributed by atoms with Crippen LogP contribution in [0.3, 0.4) is 0 Å². The molecule has 5 heteroatoms. The normalized spacial score (nSPS) is 11.2. The van der Waals surface area contributed by atoms with Crippen molar-refractivity contribution >= 4 is 21.4 Å². The van der Waals surface area contributed by atoms with Crippen molar-refractivity contribution in [3.05, 3.63) is 54.6 Å². The number of sulfonamides is 1. The summed E-state index contributed by atoms with van der Waals surface area (Å²) in [5, 5.41) is 0. The van der Waals surface area contributed by atoms with Crippen molar-refractivity contribution in [2.45, 2.75) is 4.90 Å². The monoisotopic (exact) mass is 262 g/mol.